The van der Waals surface area contributed by atoms with E-state index in [0.29, 0.717) is 11.1 Å². The third-order valence-corrected chi connectivity index (χ3v) is 3.94. The van der Waals surface area contributed by atoms with E-state index in [1.165, 1.54) is 12.1 Å². The molecule has 0 aliphatic carbocycles. The Morgan fingerprint density at radius 3 is 2.42 bits per heavy atom. The monoisotopic (exact) mass is 348 g/mol. The summed E-state index contributed by atoms with van der Waals surface area (Å²) in [5, 5.41) is -0.532. The minimum absolute atomic E-state index is 0.279. The van der Waals surface area contributed by atoms with Gasteiger partial charge in [0.05, 0.1) is 9.85 Å². The van der Waals surface area contributed by atoms with Crippen molar-refractivity contribution in [1.29, 1.82) is 0 Å². The first-order valence-electron chi connectivity index (χ1n) is 5.51. The summed E-state index contributed by atoms with van der Waals surface area (Å²) in [5.74, 6) is -2.23. The molecule has 0 spiro atoms. The van der Waals surface area contributed by atoms with Gasteiger partial charge >= 0.3 is 0 Å². The third-order valence-electron chi connectivity index (χ3n) is 2.72. The summed E-state index contributed by atoms with van der Waals surface area (Å²) in [6.45, 7) is 0. The summed E-state index contributed by atoms with van der Waals surface area (Å²) in [4.78, 5) is 0. The van der Waals surface area contributed by atoms with Crippen LogP contribution in [0.3, 0.4) is 0 Å². The number of rotatable bonds is 3. The lowest BCUT2D eigenvalue weighted by atomic mass is 10.0. The van der Waals surface area contributed by atoms with E-state index in [9.17, 15) is 13.2 Å². The van der Waals surface area contributed by atoms with Crippen LogP contribution in [0.15, 0.2) is 40.9 Å². The fourth-order valence-corrected chi connectivity index (χ4v) is 2.78. The molecule has 100 valence electrons. The molecule has 0 heterocycles. The first-order chi connectivity index (χ1) is 8.99. The molecule has 0 nitrogen and oxygen atoms in total. The molecule has 1 atom stereocenters. The minimum atomic E-state index is -0.917. The predicted octanol–water partition coefficient (Wildman–Crippen LogP) is 5.39. The third kappa shape index (κ3) is 3.31. The number of hydrogen-bond donors (Lipinski definition) is 0. The fraction of sp³-hybridized carbons (Fsp3) is 0.143. The Morgan fingerprint density at radius 2 is 1.74 bits per heavy atom. The molecule has 0 bridgehead atoms. The van der Waals surface area contributed by atoms with Gasteiger partial charge in [-0.1, -0.05) is 18.2 Å². The molecule has 2 aromatic rings. The zero-order chi connectivity index (χ0) is 14.0. The van der Waals surface area contributed by atoms with Crippen molar-refractivity contribution in [3.63, 3.8) is 0 Å². The van der Waals surface area contributed by atoms with Gasteiger partial charge in [0.25, 0.3) is 0 Å². The lowest BCUT2D eigenvalue weighted by Crippen LogP contribution is -1.99. The van der Waals surface area contributed by atoms with Crippen LogP contribution < -0.4 is 0 Å². The molecule has 0 amide bonds. The van der Waals surface area contributed by atoms with Crippen LogP contribution >= 0.6 is 27.5 Å². The zero-order valence-electron chi connectivity index (χ0n) is 9.64. The standard InChI is InChI=1S/C14H9BrClF3/c15-14-9(2-1-3-12(14)18)10(16)6-8-4-5-11(17)13(19)7-8/h1-5,7,10H,6H2. The van der Waals surface area contributed by atoms with Gasteiger partial charge in [0.2, 0.25) is 0 Å². The van der Waals surface area contributed by atoms with E-state index in [0.717, 1.165) is 12.1 Å². The number of halogens is 5. The zero-order valence-corrected chi connectivity index (χ0v) is 12.0. The molecule has 0 fully saturated rings. The van der Waals surface area contributed by atoms with Crippen LogP contribution in [0.1, 0.15) is 16.5 Å². The smallest absolute Gasteiger partial charge is 0.159 e. The summed E-state index contributed by atoms with van der Waals surface area (Å²) in [5.41, 5.74) is 1.13. The van der Waals surface area contributed by atoms with Crippen molar-refractivity contribution in [1.82, 2.24) is 0 Å². The van der Waals surface area contributed by atoms with Crippen LogP contribution in [0.25, 0.3) is 0 Å². The van der Waals surface area contributed by atoms with Crippen LogP contribution in [0.2, 0.25) is 0 Å². The van der Waals surface area contributed by atoms with E-state index in [1.54, 1.807) is 12.1 Å². The molecule has 19 heavy (non-hydrogen) atoms. The first-order valence-corrected chi connectivity index (χ1v) is 6.74. The van der Waals surface area contributed by atoms with E-state index in [4.69, 9.17) is 11.6 Å². The molecule has 0 radical (unpaired) electrons. The molecule has 5 heteroatoms. The van der Waals surface area contributed by atoms with Gasteiger partial charge in [0.15, 0.2) is 11.6 Å². The van der Waals surface area contributed by atoms with Gasteiger partial charge in [-0.15, -0.1) is 11.6 Å². The average Bonchev–Trinajstić information content (AvgIpc) is 2.37. The second-order valence-electron chi connectivity index (χ2n) is 4.06. The van der Waals surface area contributed by atoms with E-state index in [-0.39, 0.29) is 10.9 Å². The Kier molecular flexibility index (Phi) is 4.53. The summed E-state index contributed by atoms with van der Waals surface area (Å²) in [6, 6.07) is 8.16. The number of benzene rings is 2. The molecule has 2 aromatic carbocycles. The first kappa shape index (κ1) is 14.4. The molecular formula is C14H9BrClF3. The summed E-state index contributed by atoms with van der Waals surface area (Å²) in [7, 11) is 0. The van der Waals surface area contributed by atoms with Gasteiger partial charge < -0.3 is 0 Å². The number of alkyl halides is 1. The van der Waals surface area contributed by atoms with Crippen molar-refractivity contribution < 1.29 is 13.2 Å². The lowest BCUT2D eigenvalue weighted by molar-refractivity contribution is 0.507. The van der Waals surface area contributed by atoms with Gasteiger partial charge in [-0.25, -0.2) is 13.2 Å². The largest absolute Gasteiger partial charge is 0.206 e. The highest BCUT2D eigenvalue weighted by Gasteiger charge is 2.15. The maximum atomic E-state index is 13.4. The molecule has 1 unspecified atom stereocenters. The van der Waals surface area contributed by atoms with Crippen molar-refractivity contribution in [3.05, 3.63) is 69.4 Å². The molecule has 0 aliphatic rings. The van der Waals surface area contributed by atoms with Crippen molar-refractivity contribution in [2.75, 3.05) is 0 Å². The Bertz CT molecular complexity index is 601. The van der Waals surface area contributed by atoms with Crippen molar-refractivity contribution >= 4 is 27.5 Å². The van der Waals surface area contributed by atoms with Crippen LogP contribution in [-0.2, 0) is 6.42 Å². The number of hydrogen-bond acceptors (Lipinski definition) is 0. The summed E-state index contributed by atoms with van der Waals surface area (Å²) < 4.78 is 39.6. The Balaban J connectivity index is 2.23. The molecule has 2 rings (SSSR count). The SMILES string of the molecule is Fc1ccc(CC(Cl)c2cccc(F)c2Br)cc1F. The molecule has 0 saturated heterocycles. The maximum absolute atomic E-state index is 13.4. The van der Waals surface area contributed by atoms with Crippen LogP contribution in [-0.4, -0.2) is 0 Å². The van der Waals surface area contributed by atoms with Gasteiger partial charge in [-0.2, -0.15) is 0 Å². The Morgan fingerprint density at radius 1 is 1.00 bits per heavy atom. The van der Waals surface area contributed by atoms with Gasteiger partial charge in [-0.05, 0) is 51.7 Å². The summed E-state index contributed by atoms with van der Waals surface area (Å²) >= 11 is 9.32. The quantitative estimate of drug-likeness (QED) is 0.652. The van der Waals surface area contributed by atoms with E-state index >= 15 is 0 Å². The Hall–Kier alpha value is -1.00. The average molecular weight is 350 g/mol. The van der Waals surface area contributed by atoms with Crippen LogP contribution in [0.4, 0.5) is 13.2 Å². The highest BCUT2D eigenvalue weighted by atomic mass is 79.9. The van der Waals surface area contributed by atoms with E-state index in [1.807, 2.05) is 0 Å². The summed E-state index contributed by atoms with van der Waals surface area (Å²) in [6.07, 6.45) is 0.279. The molecular weight excluding hydrogens is 341 g/mol. The minimum Gasteiger partial charge on any atom is -0.206 e. The molecule has 0 aromatic heterocycles. The second-order valence-corrected chi connectivity index (χ2v) is 5.38. The highest BCUT2D eigenvalue weighted by Crippen LogP contribution is 2.32. The van der Waals surface area contributed by atoms with Crippen LogP contribution in [0, 0.1) is 17.5 Å². The van der Waals surface area contributed by atoms with E-state index < -0.39 is 22.8 Å². The van der Waals surface area contributed by atoms with Crippen molar-refractivity contribution in [2.45, 2.75) is 11.8 Å². The highest BCUT2D eigenvalue weighted by molar-refractivity contribution is 9.10. The van der Waals surface area contributed by atoms with E-state index in [2.05, 4.69) is 15.9 Å². The van der Waals surface area contributed by atoms with Crippen molar-refractivity contribution in [2.24, 2.45) is 0 Å². The fourth-order valence-electron chi connectivity index (χ4n) is 1.75. The molecule has 0 aliphatic heterocycles. The Labute approximate surface area is 122 Å². The molecule has 0 N–H and O–H groups in total. The van der Waals surface area contributed by atoms with Crippen molar-refractivity contribution in [3.8, 4) is 0 Å². The maximum Gasteiger partial charge on any atom is 0.159 e. The normalized spacial score (nSPS) is 12.5. The predicted molar refractivity (Wildman–Crippen MR) is 72.8 cm³/mol. The van der Waals surface area contributed by atoms with Gasteiger partial charge in [-0.3, -0.25) is 0 Å². The second kappa shape index (κ2) is 5.97. The molecule has 0 saturated carbocycles. The van der Waals surface area contributed by atoms with Crippen LogP contribution in [0.5, 0.6) is 0 Å². The topological polar surface area (TPSA) is 0 Å². The lowest BCUT2D eigenvalue weighted by Gasteiger charge is -2.12. The van der Waals surface area contributed by atoms with Gasteiger partial charge in [0, 0.05) is 0 Å². The van der Waals surface area contributed by atoms with Gasteiger partial charge in [0.1, 0.15) is 5.82 Å².